The number of nitrogens with zero attached hydrogens (tertiary/aromatic N) is 1. The Morgan fingerprint density at radius 3 is 2.82 bits per heavy atom. The first-order valence-electron chi connectivity index (χ1n) is 5.34. The molecule has 0 aliphatic heterocycles. The molecule has 1 atom stereocenters. The molecule has 1 N–H and O–H groups in total. The van der Waals surface area contributed by atoms with Crippen LogP contribution < -0.4 is 5.32 Å². The fourth-order valence-corrected chi connectivity index (χ4v) is 1.41. The molecule has 0 spiro atoms. The maximum absolute atomic E-state index is 11.8. The number of hydrogen-bond donors (Lipinski definition) is 1. The fraction of sp³-hybridized carbons (Fsp3) is 0.417. The van der Waals surface area contributed by atoms with E-state index >= 15 is 0 Å². The van der Waals surface area contributed by atoms with Crippen molar-refractivity contribution in [3.8, 4) is 0 Å². The number of carbonyl (C=O) groups is 2. The van der Waals surface area contributed by atoms with Crippen molar-refractivity contribution in [3.05, 3.63) is 29.6 Å². The molecule has 0 unspecified atom stereocenters. The van der Waals surface area contributed by atoms with Crippen LogP contribution in [0.5, 0.6) is 0 Å². The number of esters is 1. The van der Waals surface area contributed by atoms with Gasteiger partial charge in [0.2, 0.25) is 0 Å². The second-order valence-corrected chi connectivity index (χ2v) is 3.79. The molecular weight excluding hydrogens is 220 g/mol. The SMILES string of the molecule is COC(=O)C[C@@H](C)NC(=O)c1cccnc1C. The van der Waals surface area contributed by atoms with Gasteiger partial charge in [0, 0.05) is 17.9 Å². The molecule has 0 aliphatic carbocycles. The van der Waals surface area contributed by atoms with Gasteiger partial charge in [0.05, 0.1) is 19.1 Å². The average molecular weight is 236 g/mol. The van der Waals surface area contributed by atoms with Crippen molar-refractivity contribution in [1.82, 2.24) is 10.3 Å². The Hall–Kier alpha value is -1.91. The van der Waals surface area contributed by atoms with Crippen LogP contribution in [-0.4, -0.2) is 30.0 Å². The van der Waals surface area contributed by atoms with E-state index in [4.69, 9.17) is 0 Å². The molecule has 17 heavy (non-hydrogen) atoms. The Balaban J connectivity index is 2.61. The Labute approximate surface area is 100 Å². The third kappa shape index (κ3) is 3.86. The molecule has 0 saturated heterocycles. The van der Waals surface area contributed by atoms with E-state index in [2.05, 4.69) is 15.0 Å². The highest BCUT2D eigenvalue weighted by molar-refractivity contribution is 5.95. The van der Waals surface area contributed by atoms with Crippen LogP contribution in [0, 0.1) is 6.92 Å². The van der Waals surface area contributed by atoms with Gasteiger partial charge in [-0.3, -0.25) is 14.6 Å². The number of amides is 1. The number of rotatable bonds is 4. The van der Waals surface area contributed by atoms with Gasteiger partial charge in [0.25, 0.3) is 5.91 Å². The van der Waals surface area contributed by atoms with Crippen LogP contribution in [0.4, 0.5) is 0 Å². The number of pyridine rings is 1. The predicted octanol–water partition coefficient (Wildman–Crippen LogP) is 1.07. The zero-order valence-corrected chi connectivity index (χ0v) is 10.2. The van der Waals surface area contributed by atoms with Crippen LogP contribution in [-0.2, 0) is 9.53 Å². The molecule has 0 aromatic carbocycles. The highest BCUT2D eigenvalue weighted by atomic mass is 16.5. The first-order chi connectivity index (χ1) is 8.04. The van der Waals surface area contributed by atoms with Crippen LogP contribution in [0.15, 0.2) is 18.3 Å². The molecule has 0 saturated carbocycles. The second kappa shape index (κ2) is 5.98. The number of methoxy groups -OCH3 is 1. The van der Waals surface area contributed by atoms with Gasteiger partial charge < -0.3 is 10.1 Å². The van der Waals surface area contributed by atoms with E-state index in [1.165, 1.54) is 7.11 Å². The third-order valence-electron chi connectivity index (χ3n) is 2.33. The summed E-state index contributed by atoms with van der Waals surface area (Å²) in [4.78, 5) is 26.9. The highest BCUT2D eigenvalue weighted by Crippen LogP contribution is 2.04. The second-order valence-electron chi connectivity index (χ2n) is 3.79. The van der Waals surface area contributed by atoms with Gasteiger partial charge in [-0.2, -0.15) is 0 Å². The van der Waals surface area contributed by atoms with Crippen molar-refractivity contribution in [2.24, 2.45) is 0 Å². The van der Waals surface area contributed by atoms with Crippen LogP contribution in [0.25, 0.3) is 0 Å². The summed E-state index contributed by atoms with van der Waals surface area (Å²) in [7, 11) is 1.32. The van der Waals surface area contributed by atoms with Crippen LogP contribution >= 0.6 is 0 Å². The monoisotopic (exact) mass is 236 g/mol. The predicted molar refractivity (Wildman–Crippen MR) is 62.5 cm³/mol. The first kappa shape index (κ1) is 13.2. The number of hydrogen-bond acceptors (Lipinski definition) is 4. The number of nitrogens with one attached hydrogen (secondary N) is 1. The number of ether oxygens (including phenoxy) is 1. The van der Waals surface area contributed by atoms with Gasteiger partial charge in [-0.1, -0.05) is 0 Å². The quantitative estimate of drug-likeness (QED) is 0.794. The molecule has 1 amide bonds. The summed E-state index contributed by atoms with van der Waals surface area (Å²) < 4.78 is 4.53. The van der Waals surface area contributed by atoms with Gasteiger partial charge in [-0.05, 0) is 26.0 Å². The molecule has 1 aromatic heterocycles. The van der Waals surface area contributed by atoms with E-state index in [9.17, 15) is 9.59 Å². The van der Waals surface area contributed by atoms with Gasteiger partial charge in [0.1, 0.15) is 0 Å². The summed E-state index contributed by atoms with van der Waals surface area (Å²) in [6.45, 7) is 3.51. The molecular formula is C12H16N2O3. The minimum Gasteiger partial charge on any atom is -0.469 e. The summed E-state index contributed by atoms with van der Waals surface area (Å²) in [5, 5.41) is 2.72. The molecule has 92 valence electrons. The maximum atomic E-state index is 11.8. The number of aryl methyl sites for hydroxylation is 1. The van der Waals surface area contributed by atoms with Gasteiger partial charge in [0.15, 0.2) is 0 Å². The average Bonchev–Trinajstić information content (AvgIpc) is 2.29. The van der Waals surface area contributed by atoms with Crippen molar-refractivity contribution < 1.29 is 14.3 Å². The molecule has 0 fully saturated rings. The topological polar surface area (TPSA) is 68.3 Å². The lowest BCUT2D eigenvalue weighted by Gasteiger charge is -2.13. The molecule has 0 bridgehead atoms. The summed E-state index contributed by atoms with van der Waals surface area (Å²) in [6.07, 6.45) is 1.78. The van der Waals surface area contributed by atoms with Crippen molar-refractivity contribution >= 4 is 11.9 Å². The number of aromatic nitrogens is 1. The maximum Gasteiger partial charge on any atom is 0.307 e. The van der Waals surface area contributed by atoms with Gasteiger partial charge in [-0.25, -0.2) is 0 Å². The minimum atomic E-state index is -0.347. The summed E-state index contributed by atoms with van der Waals surface area (Å²) >= 11 is 0. The van der Waals surface area contributed by atoms with Gasteiger partial charge >= 0.3 is 5.97 Å². The highest BCUT2D eigenvalue weighted by Gasteiger charge is 2.14. The first-order valence-corrected chi connectivity index (χ1v) is 5.34. The van der Waals surface area contributed by atoms with Crippen molar-refractivity contribution in [2.75, 3.05) is 7.11 Å². The van der Waals surface area contributed by atoms with E-state index in [1.807, 2.05) is 0 Å². The lowest BCUT2D eigenvalue weighted by Crippen LogP contribution is -2.34. The van der Waals surface area contributed by atoms with E-state index in [1.54, 1.807) is 32.2 Å². The van der Waals surface area contributed by atoms with E-state index in [0.29, 0.717) is 11.3 Å². The van der Waals surface area contributed by atoms with Crippen molar-refractivity contribution in [3.63, 3.8) is 0 Å². The smallest absolute Gasteiger partial charge is 0.307 e. The zero-order valence-electron chi connectivity index (χ0n) is 10.2. The summed E-state index contributed by atoms with van der Waals surface area (Å²) in [6, 6.07) is 3.13. The number of carbonyl (C=O) groups excluding carboxylic acids is 2. The lowest BCUT2D eigenvalue weighted by atomic mass is 10.1. The molecule has 5 nitrogen and oxygen atoms in total. The van der Waals surface area contributed by atoms with Gasteiger partial charge in [-0.15, -0.1) is 0 Å². The lowest BCUT2D eigenvalue weighted by molar-refractivity contribution is -0.141. The fourth-order valence-electron chi connectivity index (χ4n) is 1.41. The van der Waals surface area contributed by atoms with E-state index in [0.717, 1.165) is 0 Å². The molecule has 0 aliphatic rings. The largest absolute Gasteiger partial charge is 0.469 e. The van der Waals surface area contributed by atoms with E-state index in [-0.39, 0.29) is 24.3 Å². The summed E-state index contributed by atoms with van der Waals surface area (Å²) in [5.41, 5.74) is 1.18. The third-order valence-corrected chi connectivity index (χ3v) is 2.33. The Morgan fingerprint density at radius 1 is 1.53 bits per heavy atom. The molecule has 5 heteroatoms. The molecule has 0 radical (unpaired) electrons. The standard InChI is InChI=1S/C12H16N2O3/c1-8(7-11(15)17-3)14-12(16)10-5-4-6-13-9(10)2/h4-6,8H,7H2,1-3H3,(H,14,16)/t8-/m1/s1. The van der Waals surface area contributed by atoms with E-state index < -0.39 is 0 Å². The van der Waals surface area contributed by atoms with Crippen molar-refractivity contribution in [1.29, 1.82) is 0 Å². The minimum absolute atomic E-state index is 0.154. The Bertz CT molecular complexity index is 418. The molecule has 1 rings (SSSR count). The normalized spacial score (nSPS) is 11.7. The summed E-state index contributed by atoms with van der Waals surface area (Å²) in [5.74, 6) is -0.576. The molecule has 1 heterocycles. The Morgan fingerprint density at radius 2 is 2.24 bits per heavy atom. The van der Waals surface area contributed by atoms with Crippen LogP contribution in [0.3, 0.4) is 0 Å². The zero-order chi connectivity index (χ0) is 12.8. The van der Waals surface area contributed by atoms with Crippen LogP contribution in [0.2, 0.25) is 0 Å². The Kier molecular flexibility index (Phi) is 4.63. The molecule has 1 aromatic rings. The van der Waals surface area contributed by atoms with Crippen molar-refractivity contribution in [2.45, 2.75) is 26.3 Å². The van der Waals surface area contributed by atoms with Crippen LogP contribution in [0.1, 0.15) is 29.4 Å².